The normalized spacial score (nSPS) is 11.4. The molecule has 9 heteroatoms. The van der Waals surface area contributed by atoms with E-state index in [0.717, 1.165) is 18.3 Å². The summed E-state index contributed by atoms with van der Waals surface area (Å²) in [6.45, 7) is 0. The van der Waals surface area contributed by atoms with Gasteiger partial charge in [0.1, 0.15) is 16.5 Å². The van der Waals surface area contributed by atoms with Crippen molar-refractivity contribution in [2.24, 2.45) is 0 Å². The molecule has 4 nitrogen and oxygen atoms in total. The van der Waals surface area contributed by atoms with Crippen molar-refractivity contribution >= 4 is 22.9 Å². The molecule has 0 saturated carbocycles. The van der Waals surface area contributed by atoms with Gasteiger partial charge < -0.3 is 5.32 Å². The number of nitrogens with zero attached hydrogens (tertiary/aromatic N) is 2. The Morgan fingerprint density at radius 1 is 0.935 bits per heavy atom. The third-order valence-electron chi connectivity index (χ3n) is 4.38. The summed E-state index contributed by atoms with van der Waals surface area (Å²) in [6, 6.07) is 14.9. The van der Waals surface area contributed by atoms with Gasteiger partial charge in [0.15, 0.2) is 0 Å². The van der Waals surface area contributed by atoms with Crippen LogP contribution in [0.1, 0.15) is 16.1 Å². The van der Waals surface area contributed by atoms with Crippen LogP contribution < -0.4 is 5.32 Å². The molecular formula is C22H13F4N3OS. The van der Waals surface area contributed by atoms with Crippen LogP contribution in [0.15, 0.2) is 72.2 Å². The second-order valence-corrected chi connectivity index (χ2v) is 7.31. The molecule has 2 aromatic carbocycles. The maximum absolute atomic E-state index is 14.1. The monoisotopic (exact) mass is 443 g/mol. The van der Waals surface area contributed by atoms with Crippen LogP contribution in [-0.2, 0) is 6.18 Å². The number of amides is 1. The van der Waals surface area contributed by atoms with Crippen LogP contribution in [-0.4, -0.2) is 15.9 Å². The van der Waals surface area contributed by atoms with Crippen molar-refractivity contribution in [3.63, 3.8) is 0 Å². The number of carbonyl (C=O) groups is 1. The molecule has 156 valence electrons. The average Bonchev–Trinajstić information content (AvgIpc) is 3.24. The van der Waals surface area contributed by atoms with Gasteiger partial charge in [0, 0.05) is 22.7 Å². The van der Waals surface area contributed by atoms with Gasteiger partial charge in [-0.25, -0.2) is 9.37 Å². The van der Waals surface area contributed by atoms with Crippen molar-refractivity contribution in [2.45, 2.75) is 6.18 Å². The number of benzene rings is 2. The first-order valence-corrected chi connectivity index (χ1v) is 9.85. The van der Waals surface area contributed by atoms with Crippen LogP contribution in [0.4, 0.5) is 23.2 Å². The molecular weight excluding hydrogens is 430 g/mol. The highest BCUT2D eigenvalue weighted by atomic mass is 32.1. The summed E-state index contributed by atoms with van der Waals surface area (Å²) < 4.78 is 52.1. The van der Waals surface area contributed by atoms with Crippen molar-refractivity contribution in [1.29, 1.82) is 0 Å². The number of alkyl halides is 3. The zero-order chi connectivity index (χ0) is 22.0. The third kappa shape index (κ3) is 4.46. The summed E-state index contributed by atoms with van der Waals surface area (Å²) in [5.74, 6) is -1.00. The molecule has 0 spiro atoms. The molecule has 0 unspecified atom stereocenters. The lowest BCUT2D eigenvalue weighted by Crippen LogP contribution is -2.14. The number of carbonyl (C=O) groups excluding carboxylic acids is 1. The molecule has 0 bridgehead atoms. The highest BCUT2D eigenvalue weighted by molar-refractivity contribution is 7.13. The van der Waals surface area contributed by atoms with Gasteiger partial charge in [0.05, 0.1) is 16.9 Å². The third-order valence-corrected chi connectivity index (χ3v) is 5.25. The van der Waals surface area contributed by atoms with Crippen LogP contribution >= 0.6 is 11.3 Å². The maximum atomic E-state index is 14.1. The number of anilines is 1. The van der Waals surface area contributed by atoms with E-state index in [4.69, 9.17) is 0 Å². The van der Waals surface area contributed by atoms with Gasteiger partial charge in [-0.1, -0.05) is 30.3 Å². The predicted octanol–water partition coefficient (Wildman–Crippen LogP) is 6.28. The Kier molecular flexibility index (Phi) is 5.51. The summed E-state index contributed by atoms with van der Waals surface area (Å²) >= 11 is 1.26. The van der Waals surface area contributed by atoms with Crippen molar-refractivity contribution in [3.05, 3.63) is 89.3 Å². The lowest BCUT2D eigenvalue weighted by Gasteiger charge is -2.10. The van der Waals surface area contributed by atoms with Gasteiger partial charge in [-0.05, 0) is 30.3 Å². The van der Waals surface area contributed by atoms with E-state index in [0.29, 0.717) is 27.5 Å². The number of hydrogen-bond acceptors (Lipinski definition) is 4. The second-order valence-electron chi connectivity index (χ2n) is 6.45. The Bertz CT molecular complexity index is 1240. The SMILES string of the molecule is O=C(Nc1ccccc1-c1csc(-c2ccccc2F)n1)c1ccc(C(F)(F)F)nc1. The van der Waals surface area contributed by atoms with Crippen molar-refractivity contribution in [1.82, 2.24) is 9.97 Å². The Morgan fingerprint density at radius 3 is 2.32 bits per heavy atom. The van der Waals surface area contributed by atoms with Gasteiger partial charge in [-0.15, -0.1) is 11.3 Å². The summed E-state index contributed by atoms with van der Waals surface area (Å²) in [5.41, 5.74) is 0.814. The fourth-order valence-electron chi connectivity index (χ4n) is 2.86. The molecule has 31 heavy (non-hydrogen) atoms. The number of nitrogens with one attached hydrogen (secondary N) is 1. The predicted molar refractivity (Wildman–Crippen MR) is 110 cm³/mol. The van der Waals surface area contributed by atoms with Crippen molar-refractivity contribution < 1.29 is 22.4 Å². The van der Waals surface area contributed by atoms with E-state index in [1.807, 2.05) is 0 Å². The highest BCUT2D eigenvalue weighted by Crippen LogP contribution is 2.34. The Hall–Kier alpha value is -3.59. The molecule has 2 aromatic heterocycles. The van der Waals surface area contributed by atoms with E-state index in [-0.39, 0.29) is 11.4 Å². The average molecular weight is 443 g/mol. The van der Waals surface area contributed by atoms with Gasteiger partial charge in [-0.2, -0.15) is 13.2 Å². The first kappa shape index (κ1) is 20.7. The minimum atomic E-state index is -4.58. The molecule has 0 atom stereocenters. The van der Waals surface area contributed by atoms with Gasteiger partial charge in [0.2, 0.25) is 0 Å². The fourth-order valence-corrected chi connectivity index (χ4v) is 3.71. The summed E-state index contributed by atoms with van der Waals surface area (Å²) in [6.07, 6.45) is -3.71. The number of rotatable bonds is 4. The number of aromatic nitrogens is 2. The van der Waals surface area contributed by atoms with Crippen LogP contribution in [0.2, 0.25) is 0 Å². The topological polar surface area (TPSA) is 54.9 Å². The molecule has 4 rings (SSSR count). The molecule has 1 amide bonds. The molecule has 0 aliphatic carbocycles. The van der Waals surface area contributed by atoms with E-state index in [9.17, 15) is 22.4 Å². The molecule has 1 N–H and O–H groups in total. The van der Waals surface area contributed by atoms with Crippen LogP contribution in [0.5, 0.6) is 0 Å². The summed E-state index contributed by atoms with van der Waals surface area (Å²) in [7, 11) is 0. The summed E-state index contributed by atoms with van der Waals surface area (Å²) in [5, 5.41) is 4.90. The molecule has 0 fully saturated rings. The molecule has 0 radical (unpaired) electrons. The minimum Gasteiger partial charge on any atom is -0.321 e. The standard InChI is InChI=1S/C22H13F4N3OS/c23-16-7-3-1-5-14(16)21-29-18(12-31-21)15-6-2-4-8-17(15)28-20(30)13-9-10-19(27-11-13)22(24,25)26/h1-12H,(H,28,30). The van der Waals surface area contributed by atoms with Gasteiger partial charge >= 0.3 is 6.18 Å². The minimum absolute atomic E-state index is 0.0203. The van der Waals surface area contributed by atoms with E-state index >= 15 is 0 Å². The number of halogens is 4. The molecule has 0 aliphatic heterocycles. The highest BCUT2D eigenvalue weighted by Gasteiger charge is 2.32. The van der Waals surface area contributed by atoms with Crippen molar-refractivity contribution in [2.75, 3.05) is 5.32 Å². The van der Waals surface area contributed by atoms with E-state index < -0.39 is 17.8 Å². The van der Waals surface area contributed by atoms with Crippen LogP contribution in [0.25, 0.3) is 21.8 Å². The first-order valence-electron chi connectivity index (χ1n) is 8.97. The number of pyridine rings is 1. The Labute approximate surface area is 178 Å². The van der Waals surface area contributed by atoms with Gasteiger partial charge in [0.25, 0.3) is 5.91 Å². The molecule has 4 aromatic rings. The number of thiazole rings is 1. The zero-order valence-electron chi connectivity index (χ0n) is 15.7. The Morgan fingerprint density at radius 2 is 1.65 bits per heavy atom. The lowest BCUT2D eigenvalue weighted by atomic mass is 10.1. The fraction of sp³-hybridized carbons (Fsp3) is 0.0455. The Balaban J connectivity index is 1.60. The first-order chi connectivity index (χ1) is 14.8. The number of hydrogen-bond donors (Lipinski definition) is 1. The van der Waals surface area contributed by atoms with E-state index in [1.54, 1.807) is 47.8 Å². The quantitative estimate of drug-likeness (QED) is 0.378. The zero-order valence-corrected chi connectivity index (χ0v) is 16.5. The smallest absolute Gasteiger partial charge is 0.321 e. The number of para-hydroxylation sites is 1. The molecule has 2 heterocycles. The maximum Gasteiger partial charge on any atom is 0.433 e. The lowest BCUT2D eigenvalue weighted by molar-refractivity contribution is -0.141. The van der Waals surface area contributed by atoms with Crippen LogP contribution in [0, 0.1) is 5.82 Å². The molecule has 0 aliphatic rings. The van der Waals surface area contributed by atoms with Crippen LogP contribution in [0.3, 0.4) is 0 Å². The summed E-state index contributed by atoms with van der Waals surface area (Å²) in [4.78, 5) is 20.3. The largest absolute Gasteiger partial charge is 0.433 e. The second kappa shape index (κ2) is 8.27. The van der Waals surface area contributed by atoms with Gasteiger partial charge in [-0.3, -0.25) is 9.78 Å². The van der Waals surface area contributed by atoms with E-state index in [1.165, 1.54) is 17.4 Å². The molecule has 0 saturated heterocycles. The van der Waals surface area contributed by atoms with E-state index in [2.05, 4.69) is 15.3 Å². The van der Waals surface area contributed by atoms with Crippen molar-refractivity contribution in [3.8, 4) is 21.8 Å².